The van der Waals surface area contributed by atoms with E-state index in [0.717, 1.165) is 0 Å². The van der Waals surface area contributed by atoms with Crippen LogP contribution in [0.15, 0.2) is 18.2 Å². The molecule has 0 aromatic carbocycles. The second-order valence-corrected chi connectivity index (χ2v) is 1.70. The van der Waals surface area contributed by atoms with Gasteiger partial charge in [0.1, 0.15) is 5.84 Å². The molecule has 0 radical (unpaired) electrons. The van der Waals surface area contributed by atoms with Gasteiger partial charge in [-0.25, -0.2) is 4.99 Å². The minimum Gasteiger partial charge on any atom is -0.287 e. The molecule has 0 aliphatic rings. The van der Waals surface area contributed by atoms with E-state index in [-0.39, 0.29) is 5.92 Å². The summed E-state index contributed by atoms with van der Waals surface area (Å²) in [5.74, 6) is 0.581. The number of hydrogen-bond acceptors (Lipinski definition) is 1. The van der Waals surface area contributed by atoms with Crippen LogP contribution >= 0.6 is 0 Å². The summed E-state index contributed by atoms with van der Waals surface area (Å²) in [5.41, 5.74) is 0. The molecule has 0 unspecified atom stereocenters. The van der Waals surface area contributed by atoms with Crippen molar-refractivity contribution in [3.8, 4) is 0 Å². The summed E-state index contributed by atoms with van der Waals surface area (Å²) >= 11 is 0. The smallest absolute Gasteiger partial charge is 0.122 e. The Hall–Kier alpha value is -0.920. The molecule has 0 fully saturated rings. The van der Waals surface area contributed by atoms with E-state index in [4.69, 9.17) is 5.41 Å². The molecule has 2 nitrogen and oxygen atoms in total. The van der Waals surface area contributed by atoms with Gasteiger partial charge in [0, 0.05) is 5.92 Å². The minimum absolute atomic E-state index is 0.220. The van der Waals surface area contributed by atoms with Crippen molar-refractivity contribution >= 4 is 12.6 Å². The van der Waals surface area contributed by atoms with E-state index in [2.05, 4.69) is 24.9 Å². The first-order chi connectivity index (χ1) is 4.18. The molecule has 0 saturated carbocycles. The van der Waals surface area contributed by atoms with Gasteiger partial charge in [-0.05, 0) is 6.72 Å². The van der Waals surface area contributed by atoms with Gasteiger partial charge in [0.15, 0.2) is 0 Å². The summed E-state index contributed by atoms with van der Waals surface area (Å²) in [7, 11) is 0. The lowest BCUT2D eigenvalue weighted by Gasteiger charge is -1.96. The van der Waals surface area contributed by atoms with Gasteiger partial charge < -0.3 is 0 Å². The molecular weight excluding hydrogens is 112 g/mol. The number of nitrogens with one attached hydrogen (secondary N) is 1. The van der Waals surface area contributed by atoms with Crippen molar-refractivity contribution < 1.29 is 0 Å². The maximum atomic E-state index is 6.96. The molecule has 0 rings (SSSR count). The first-order valence-corrected chi connectivity index (χ1v) is 2.73. The Morgan fingerprint density at radius 1 is 1.44 bits per heavy atom. The van der Waals surface area contributed by atoms with Gasteiger partial charge in [-0.3, -0.25) is 5.41 Å². The van der Waals surface area contributed by atoms with Gasteiger partial charge >= 0.3 is 0 Å². The fourth-order valence-electron chi connectivity index (χ4n) is 0.183. The SMILES string of the molecule is C=C.C=NC(=N)C(C)C. The first kappa shape index (κ1) is 11.0. The Kier molecular flexibility index (Phi) is 8.62. The highest BCUT2D eigenvalue weighted by Crippen LogP contribution is 1.92. The highest BCUT2D eigenvalue weighted by Gasteiger charge is 1.94. The molecule has 9 heavy (non-hydrogen) atoms. The molecule has 0 amide bonds. The second kappa shape index (κ2) is 7.08. The molecule has 0 aromatic heterocycles. The largest absolute Gasteiger partial charge is 0.287 e. The third kappa shape index (κ3) is 7.08. The quantitative estimate of drug-likeness (QED) is 0.317. The van der Waals surface area contributed by atoms with E-state index >= 15 is 0 Å². The normalized spacial score (nSPS) is 7.44. The average molecular weight is 126 g/mol. The number of rotatable bonds is 1. The maximum Gasteiger partial charge on any atom is 0.122 e. The van der Waals surface area contributed by atoms with Crippen molar-refractivity contribution in [2.24, 2.45) is 10.9 Å². The van der Waals surface area contributed by atoms with Crippen LogP contribution in [-0.4, -0.2) is 12.6 Å². The van der Waals surface area contributed by atoms with Crippen molar-refractivity contribution in [1.82, 2.24) is 0 Å². The zero-order valence-corrected chi connectivity index (χ0v) is 6.15. The molecule has 0 heterocycles. The summed E-state index contributed by atoms with van der Waals surface area (Å²) < 4.78 is 0. The summed E-state index contributed by atoms with van der Waals surface area (Å²) in [6.07, 6.45) is 0. The molecule has 52 valence electrons. The predicted octanol–water partition coefficient (Wildman–Crippen LogP) is 2.12. The van der Waals surface area contributed by atoms with Crippen molar-refractivity contribution in [3.05, 3.63) is 13.2 Å². The van der Waals surface area contributed by atoms with Gasteiger partial charge in [0.2, 0.25) is 0 Å². The van der Waals surface area contributed by atoms with E-state index in [1.165, 1.54) is 0 Å². The van der Waals surface area contributed by atoms with Crippen LogP contribution in [0.5, 0.6) is 0 Å². The second-order valence-electron chi connectivity index (χ2n) is 1.70. The third-order valence-corrected chi connectivity index (χ3v) is 0.717. The highest BCUT2D eigenvalue weighted by atomic mass is 14.8. The number of aliphatic imine (C=N–C) groups is 1. The lowest BCUT2D eigenvalue weighted by atomic mass is 10.2. The Balaban J connectivity index is 0. The molecule has 2 heteroatoms. The van der Waals surface area contributed by atoms with Crippen LogP contribution in [0, 0.1) is 11.3 Å². The zero-order chi connectivity index (χ0) is 7.86. The van der Waals surface area contributed by atoms with E-state index in [0.29, 0.717) is 5.84 Å². The maximum absolute atomic E-state index is 6.96. The van der Waals surface area contributed by atoms with E-state index in [1.807, 2.05) is 13.8 Å². The van der Waals surface area contributed by atoms with Gasteiger partial charge in [0.25, 0.3) is 0 Å². The fraction of sp³-hybridized carbons (Fsp3) is 0.429. The zero-order valence-electron chi connectivity index (χ0n) is 6.15. The lowest BCUT2D eigenvalue weighted by Crippen LogP contribution is -1.99. The highest BCUT2D eigenvalue weighted by molar-refractivity contribution is 5.84. The molecule has 0 spiro atoms. The van der Waals surface area contributed by atoms with E-state index in [9.17, 15) is 0 Å². The van der Waals surface area contributed by atoms with Crippen LogP contribution in [-0.2, 0) is 0 Å². The lowest BCUT2D eigenvalue weighted by molar-refractivity contribution is 0.866. The van der Waals surface area contributed by atoms with Crippen LogP contribution < -0.4 is 0 Å². The predicted molar refractivity (Wildman–Crippen MR) is 43.4 cm³/mol. The van der Waals surface area contributed by atoms with Crippen LogP contribution in [0.3, 0.4) is 0 Å². The van der Waals surface area contributed by atoms with Crippen molar-refractivity contribution in [3.63, 3.8) is 0 Å². The first-order valence-electron chi connectivity index (χ1n) is 2.73. The van der Waals surface area contributed by atoms with E-state index < -0.39 is 0 Å². The number of hydrogen-bond donors (Lipinski definition) is 1. The van der Waals surface area contributed by atoms with Crippen LogP contribution in [0.1, 0.15) is 13.8 Å². The van der Waals surface area contributed by atoms with Crippen LogP contribution in [0.2, 0.25) is 0 Å². The van der Waals surface area contributed by atoms with Gasteiger partial charge in [-0.1, -0.05) is 13.8 Å². The molecule has 0 aromatic rings. The van der Waals surface area contributed by atoms with Crippen molar-refractivity contribution in [2.75, 3.05) is 0 Å². The monoisotopic (exact) mass is 126 g/mol. The van der Waals surface area contributed by atoms with Crippen molar-refractivity contribution in [1.29, 1.82) is 5.41 Å². The molecule has 0 atom stereocenters. The molecule has 0 aliphatic carbocycles. The molecule has 0 bridgehead atoms. The third-order valence-electron chi connectivity index (χ3n) is 0.717. The Labute approximate surface area is 56.8 Å². The number of nitrogens with zero attached hydrogens (tertiary/aromatic N) is 1. The summed E-state index contributed by atoms with van der Waals surface area (Å²) in [5, 5.41) is 6.96. The van der Waals surface area contributed by atoms with Crippen LogP contribution in [0.4, 0.5) is 0 Å². The summed E-state index contributed by atoms with van der Waals surface area (Å²) in [4.78, 5) is 3.42. The molecule has 1 N–H and O–H groups in total. The summed E-state index contributed by atoms with van der Waals surface area (Å²) in [6.45, 7) is 13.0. The molecule has 0 aliphatic heterocycles. The number of amidine groups is 1. The minimum atomic E-state index is 0.220. The molecular formula is C7H14N2. The topological polar surface area (TPSA) is 36.2 Å². The van der Waals surface area contributed by atoms with Gasteiger partial charge in [-0.2, -0.15) is 0 Å². The fourth-order valence-corrected chi connectivity index (χ4v) is 0.183. The Morgan fingerprint density at radius 3 is 1.78 bits per heavy atom. The average Bonchev–Trinajstić information content (AvgIpc) is 1.91. The standard InChI is InChI=1S/C5H10N2.C2H4/c1-4(2)5(6)7-3;1-2/h4,6H,3H2,1-2H3;1-2H2. The summed E-state index contributed by atoms with van der Waals surface area (Å²) in [6, 6.07) is 0. The molecule has 0 saturated heterocycles. The Bertz CT molecular complexity index is 95.1. The van der Waals surface area contributed by atoms with Gasteiger partial charge in [-0.15, -0.1) is 13.2 Å². The van der Waals surface area contributed by atoms with Crippen LogP contribution in [0.25, 0.3) is 0 Å². The van der Waals surface area contributed by atoms with E-state index in [1.54, 1.807) is 0 Å². The van der Waals surface area contributed by atoms with Crippen molar-refractivity contribution in [2.45, 2.75) is 13.8 Å². The Morgan fingerprint density at radius 2 is 1.78 bits per heavy atom. The van der Waals surface area contributed by atoms with Gasteiger partial charge in [0.05, 0.1) is 0 Å².